The molecule has 0 saturated heterocycles. The van der Waals surface area contributed by atoms with Crippen LogP contribution in [-0.2, 0) is 12.7 Å². The SMILES string of the molecule is Oc1cccc(C2c3cccc(C(F)(F)F)c3NN2Cc2c(F)cc(F)cc2F)c1. The van der Waals surface area contributed by atoms with Gasteiger partial charge in [0.1, 0.15) is 23.2 Å². The number of alkyl halides is 3. The second kappa shape index (κ2) is 7.24. The maximum Gasteiger partial charge on any atom is 0.418 e. The molecular formula is C21H14F6N2O. The lowest BCUT2D eigenvalue weighted by Crippen LogP contribution is -2.29. The van der Waals surface area contributed by atoms with E-state index in [4.69, 9.17) is 0 Å². The van der Waals surface area contributed by atoms with Gasteiger partial charge in [-0.2, -0.15) is 13.2 Å². The van der Waals surface area contributed by atoms with Crippen LogP contribution < -0.4 is 5.43 Å². The third-order valence-electron chi connectivity index (χ3n) is 4.88. The van der Waals surface area contributed by atoms with Gasteiger partial charge in [0.15, 0.2) is 0 Å². The van der Waals surface area contributed by atoms with Gasteiger partial charge in [-0.05, 0) is 23.8 Å². The monoisotopic (exact) mass is 424 g/mol. The average molecular weight is 424 g/mol. The molecule has 9 heteroatoms. The molecule has 30 heavy (non-hydrogen) atoms. The second-order valence-electron chi connectivity index (χ2n) is 6.85. The van der Waals surface area contributed by atoms with Crippen LogP contribution in [-0.4, -0.2) is 10.1 Å². The van der Waals surface area contributed by atoms with Crippen LogP contribution in [0.5, 0.6) is 5.75 Å². The summed E-state index contributed by atoms with van der Waals surface area (Å²) < 4.78 is 82.2. The van der Waals surface area contributed by atoms with E-state index in [2.05, 4.69) is 5.43 Å². The Morgan fingerprint density at radius 3 is 2.23 bits per heavy atom. The molecule has 0 spiro atoms. The van der Waals surface area contributed by atoms with E-state index in [-0.39, 0.29) is 17.0 Å². The summed E-state index contributed by atoms with van der Waals surface area (Å²) >= 11 is 0. The first-order valence-electron chi connectivity index (χ1n) is 8.81. The van der Waals surface area contributed by atoms with Gasteiger partial charge in [-0.25, -0.2) is 18.2 Å². The molecule has 1 unspecified atom stereocenters. The van der Waals surface area contributed by atoms with Crippen molar-refractivity contribution in [3.8, 4) is 5.75 Å². The number of fused-ring (bicyclic) bond motifs is 1. The van der Waals surface area contributed by atoms with Gasteiger partial charge in [0.05, 0.1) is 17.3 Å². The number of hydrazine groups is 1. The Morgan fingerprint density at radius 2 is 1.60 bits per heavy atom. The van der Waals surface area contributed by atoms with Crippen LogP contribution in [0, 0.1) is 17.5 Å². The van der Waals surface area contributed by atoms with Gasteiger partial charge in [-0.1, -0.05) is 24.3 Å². The summed E-state index contributed by atoms with van der Waals surface area (Å²) in [5.74, 6) is -3.53. The fraction of sp³-hybridized carbons (Fsp3) is 0.143. The number of anilines is 1. The number of para-hydroxylation sites is 1. The van der Waals surface area contributed by atoms with Crippen molar-refractivity contribution in [2.45, 2.75) is 18.8 Å². The highest BCUT2D eigenvalue weighted by Gasteiger charge is 2.41. The predicted molar refractivity (Wildman–Crippen MR) is 96.9 cm³/mol. The van der Waals surface area contributed by atoms with Crippen molar-refractivity contribution in [1.82, 2.24) is 5.01 Å². The van der Waals surface area contributed by atoms with E-state index >= 15 is 0 Å². The number of nitrogens with zero attached hydrogens (tertiary/aromatic N) is 1. The summed E-state index contributed by atoms with van der Waals surface area (Å²) in [6.45, 7) is -0.496. The molecule has 4 rings (SSSR count). The quantitative estimate of drug-likeness (QED) is 0.525. The van der Waals surface area contributed by atoms with Crippen molar-refractivity contribution >= 4 is 5.69 Å². The van der Waals surface area contributed by atoms with Gasteiger partial charge in [0.2, 0.25) is 0 Å². The molecule has 1 aliphatic rings. The second-order valence-corrected chi connectivity index (χ2v) is 6.85. The van der Waals surface area contributed by atoms with E-state index in [9.17, 15) is 31.4 Å². The van der Waals surface area contributed by atoms with Crippen LogP contribution in [0.25, 0.3) is 0 Å². The lowest BCUT2D eigenvalue weighted by atomic mass is 9.96. The van der Waals surface area contributed by atoms with E-state index in [0.717, 1.165) is 6.07 Å². The van der Waals surface area contributed by atoms with Crippen LogP contribution >= 0.6 is 0 Å². The van der Waals surface area contributed by atoms with Crippen molar-refractivity contribution in [1.29, 1.82) is 0 Å². The molecule has 156 valence electrons. The minimum absolute atomic E-state index is 0.119. The van der Waals surface area contributed by atoms with Gasteiger partial charge in [0, 0.05) is 29.8 Å². The molecule has 0 aliphatic carbocycles. The third kappa shape index (κ3) is 3.56. The van der Waals surface area contributed by atoms with Crippen LogP contribution in [0.1, 0.15) is 28.3 Å². The predicted octanol–water partition coefficient (Wildman–Crippen LogP) is 5.76. The number of rotatable bonds is 3. The molecule has 3 nitrogen and oxygen atoms in total. The minimum Gasteiger partial charge on any atom is -0.508 e. The highest BCUT2D eigenvalue weighted by Crippen LogP contribution is 2.47. The van der Waals surface area contributed by atoms with Gasteiger partial charge >= 0.3 is 6.18 Å². The van der Waals surface area contributed by atoms with Crippen molar-refractivity contribution in [3.05, 3.63) is 94.3 Å². The molecule has 1 aliphatic heterocycles. The number of aromatic hydroxyl groups is 1. The Bertz CT molecular complexity index is 1090. The van der Waals surface area contributed by atoms with E-state index in [1.165, 1.54) is 35.3 Å². The molecule has 1 atom stereocenters. The Kier molecular flexibility index (Phi) is 4.85. The summed E-state index contributed by atoms with van der Waals surface area (Å²) in [6.07, 6.45) is -4.66. The Morgan fingerprint density at radius 1 is 0.933 bits per heavy atom. The zero-order chi connectivity index (χ0) is 21.6. The third-order valence-corrected chi connectivity index (χ3v) is 4.88. The number of phenols is 1. The maximum absolute atomic E-state index is 14.2. The fourth-order valence-electron chi connectivity index (χ4n) is 3.61. The Balaban J connectivity index is 1.84. The van der Waals surface area contributed by atoms with E-state index in [1.54, 1.807) is 6.07 Å². The zero-order valence-electron chi connectivity index (χ0n) is 15.1. The molecule has 0 aromatic heterocycles. The molecule has 0 radical (unpaired) electrons. The maximum atomic E-state index is 14.2. The number of nitrogens with one attached hydrogen (secondary N) is 1. The van der Waals surface area contributed by atoms with Crippen LogP contribution in [0.15, 0.2) is 54.6 Å². The molecule has 3 aromatic carbocycles. The number of benzene rings is 3. The number of hydrogen-bond donors (Lipinski definition) is 2. The van der Waals surface area contributed by atoms with Gasteiger partial charge < -0.3 is 10.5 Å². The van der Waals surface area contributed by atoms with Crippen LogP contribution in [0.4, 0.5) is 32.0 Å². The summed E-state index contributed by atoms with van der Waals surface area (Å²) in [6, 6.07) is 9.55. The van der Waals surface area contributed by atoms with Crippen molar-refractivity contribution in [2.75, 3.05) is 5.43 Å². The molecule has 3 aromatic rings. The largest absolute Gasteiger partial charge is 0.508 e. The fourth-order valence-corrected chi connectivity index (χ4v) is 3.61. The van der Waals surface area contributed by atoms with Gasteiger partial charge in [-0.3, -0.25) is 0 Å². The zero-order valence-corrected chi connectivity index (χ0v) is 15.1. The summed E-state index contributed by atoms with van der Waals surface area (Å²) in [5.41, 5.74) is 1.54. The highest BCUT2D eigenvalue weighted by molar-refractivity contribution is 5.65. The number of halogens is 6. The Hall–Kier alpha value is -3.20. The average Bonchev–Trinajstić information content (AvgIpc) is 3.01. The first kappa shape index (κ1) is 20.1. The molecule has 1 heterocycles. The highest BCUT2D eigenvalue weighted by atomic mass is 19.4. The molecule has 0 bridgehead atoms. The smallest absolute Gasteiger partial charge is 0.418 e. The molecule has 0 fully saturated rings. The topological polar surface area (TPSA) is 35.5 Å². The van der Waals surface area contributed by atoms with Crippen molar-refractivity contribution in [2.24, 2.45) is 0 Å². The molecular weight excluding hydrogens is 410 g/mol. The summed E-state index contributed by atoms with van der Waals surface area (Å²) in [4.78, 5) is 0. The standard InChI is InChI=1S/C21H14F6N2O/c22-12-8-17(23)15(18(24)9-12)10-29-20(11-3-1-4-13(30)7-11)14-5-2-6-16(19(14)28-29)21(25,26)27/h1-9,20,28,30H,10H2. The van der Waals surface area contributed by atoms with E-state index in [1.807, 2.05) is 0 Å². The number of phenolic OH excluding ortho intramolecular Hbond substituents is 1. The summed E-state index contributed by atoms with van der Waals surface area (Å²) in [7, 11) is 0. The van der Waals surface area contributed by atoms with Crippen LogP contribution in [0.3, 0.4) is 0 Å². The molecule has 0 amide bonds. The van der Waals surface area contributed by atoms with Gasteiger partial charge in [0.25, 0.3) is 0 Å². The normalized spacial score (nSPS) is 16.4. The first-order valence-corrected chi connectivity index (χ1v) is 8.81. The van der Waals surface area contributed by atoms with Crippen LogP contribution in [0.2, 0.25) is 0 Å². The molecule has 2 N–H and O–H groups in total. The van der Waals surface area contributed by atoms with Crippen molar-refractivity contribution < 1.29 is 31.4 Å². The minimum atomic E-state index is -4.66. The lowest BCUT2D eigenvalue weighted by Gasteiger charge is -2.26. The first-order chi connectivity index (χ1) is 14.1. The van der Waals surface area contributed by atoms with E-state index in [0.29, 0.717) is 17.7 Å². The number of hydrogen-bond acceptors (Lipinski definition) is 3. The lowest BCUT2D eigenvalue weighted by molar-refractivity contribution is -0.137. The van der Waals surface area contributed by atoms with Crippen molar-refractivity contribution in [3.63, 3.8) is 0 Å². The van der Waals surface area contributed by atoms with Gasteiger partial charge in [-0.15, -0.1) is 0 Å². The van der Waals surface area contributed by atoms with E-state index < -0.39 is 47.3 Å². The molecule has 0 saturated carbocycles. The Labute approximate surface area is 167 Å². The summed E-state index contributed by atoms with van der Waals surface area (Å²) in [5, 5.41) is 11.0.